The first kappa shape index (κ1) is 15.6. The molecule has 0 radical (unpaired) electrons. The Morgan fingerprint density at radius 3 is 2.76 bits per heavy atom. The molecule has 0 atom stereocenters. The molecule has 0 bridgehead atoms. The van der Waals surface area contributed by atoms with E-state index in [2.05, 4.69) is 6.58 Å². The molecule has 0 aromatic heterocycles. The number of methoxy groups -OCH3 is 1. The van der Waals surface area contributed by atoms with E-state index in [1.165, 1.54) is 16.7 Å². The van der Waals surface area contributed by atoms with Crippen LogP contribution < -0.4 is 9.47 Å². The average molecular weight is 321 g/mol. The lowest BCUT2D eigenvalue weighted by molar-refractivity contribution is -0.121. The first-order valence-electron chi connectivity index (χ1n) is 6.20. The fraction of sp³-hybridized carbons (Fsp3) is 0.200. The second-order valence-electron chi connectivity index (χ2n) is 4.25. The number of benzene rings is 1. The number of rotatable bonds is 5. The Labute approximate surface area is 133 Å². The van der Waals surface area contributed by atoms with E-state index in [-0.39, 0.29) is 5.91 Å². The molecular formula is C15H15NO3S2. The van der Waals surface area contributed by atoms with Crippen LogP contribution in [0.25, 0.3) is 6.08 Å². The Balaban J connectivity index is 2.27. The molecule has 0 aliphatic carbocycles. The SMILES string of the molecule is C=CCOc1ccc(C=C2SC(=S)N(C)C2=O)cc1OC. The highest BCUT2D eigenvalue weighted by atomic mass is 32.2. The van der Waals surface area contributed by atoms with Gasteiger partial charge in [-0.25, -0.2) is 0 Å². The van der Waals surface area contributed by atoms with E-state index in [0.717, 1.165) is 5.56 Å². The molecule has 1 fully saturated rings. The van der Waals surface area contributed by atoms with Gasteiger partial charge in [-0.3, -0.25) is 9.69 Å². The molecule has 1 aromatic carbocycles. The van der Waals surface area contributed by atoms with Crippen molar-refractivity contribution in [2.45, 2.75) is 0 Å². The molecular weight excluding hydrogens is 306 g/mol. The Morgan fingerprint density at radius 1 is 1.43 bits per heavy atom. The van der Waals surface area contributed by atoms with Crippen molar-refractivity contribution in [1.82, 2.24) is 4.90 Å². The fourth-order valence-electron chi connectivity index (χ4n) is 1.74. The van der Waals surface area contributed by atoms with Crippen LogP contribution in [0.4, 0.5) is 0 Å². The maximum absolute atomic E-state index is 12.0. The summed E-state index contributed by atoms with van der Waals surface area (Å²) in [6.45, 7) is 4.01. The molecule has 0 spiro atoms. The van der Waals surface area contributed by atoms with Gasteiger partial charge in [-0.05, 0) is 23.8 Å². The summed E-state index contributed by atoms with van der Waals surface area (Å²) >= 11 is 6.39. The summed E-state index contributed by atoms with van der Waals surface area (Å²) in [4.78, 5) is 14.0. The second kappa shape index (κ2) is 6.78. The molecule has 1 saturated heterocycles. The molecule has 0 saturated carbocycles. The van der Waals surface area contributed by atoms with Crippen molar-refractivity contribution < 1.29 is 14.3 Å². The Hall–Kier alpha value is -1.79. The Morgan fingerprint density at radius 2 is 2.19 bits per heavy atom. The van der Waals surface area contributed by atoms with E-state index in [1.807, 2.05) is 12.1 Å². The van der Waals surface area contributed by atoms with Crippen LogP contribution in [0.2, 0.25) is 0 Å². The van der Waals surface area contributed by atoms with Crippen molar-refractivity contribution >= 4 is 40.3 Å². The number of carbonyl (C=O) groups is 1. The van der Waals surface area contributed by atoms with Gasteiger partial charge in [0, 0.05) is 7.05 Å². The first-order chi connectivity index (χ1) is 10.1. The van der Waals surface area contributed by atoms with Crippen LogP contribution in [-0.2, 0) is 4.79 Å². The maximum Gasteiger partial charge on any atom is 0.265 e. The highest BCUT2D eigenvalue weighted by molar-refractivity contribution is 8.26. The summed E-state index contributed by atoms with van der Waals surface area (Å²) in [5.41, 5.74) is 0.853. The number of hydrogen-bond donors (Lipinski definition) is 0. The number of carbonyl (C=O) groups excluding carboxylic acids is 1. The van der Waals surface area contributed by atoms with E-state index in [1.54, 1.807) is 32.4 Å². The summed E-state index contributed by atoms with van der Waals surface area (Å²) in [7, 11) is 3.25. The normalized spacial score (nSPS) is 16.5. The van der Waals surface area contributed by atoms with Gasteiger partial charge < -0.3 is 9.47 Å². The van der Waals surface area contributed by atoms with Crippen molar-refractivity contribution in [2.75, 3.05) is 20.8 Å². The number of nitrogens with zero attached hydrogens (tertiary/aromatic N) is 1. The summed E-state index contributed by atoms with van der Waals surface area (Å²) in [5, 5.41) is 0. The lowest BCUT2D eigenvalue weighted by Gasteiger charge is -2.10. The van der Waals surface area contributed by atoms with Crippen LogP contribution in [0.3, 0.4) is 0 Å². The third kappa shape index (κ3) is 3.46. The summed E-state index contributed by atoms with van der Waals surface area (Å²) in [6, 6.07) is 5.49. The molecule has 21 heavy (non-hydrogen) atoms. The van der Waals surface area contributed by atoms with Crippen molar-refractivity contribution in [3.05, 3.63) is 41.3 Å². The van der Waals surface area contributed by atoms with Crippen molar-refractivity contribution in [3.8, 4) is 11.5 Å². The molecule has 2 rings (SSSR count). The van der Waals surface area contributed by atoms with E-state index in [9.17, 15) is 4.79 Å². The zero-order valence-electron chi connectivity index (χ0n) is 11.8. The zero-order valence-corrected chi connectivity index (χ0v) is 13.4. The molecule has 0 unspecified atom stereocenters. The molecule has 1 heterocycles. The lowest BCUT2D eigenvalue weighted by atomic mass is 10.2. The van der Waals surface area contributed by atoms with Gasteiger partial charge in [0.05, 0.1) is 12.0 Å². The fourth-order valence-corrected chi connectivity index (χ4v) is 2.92. The predicted octanol–water partition coefficient (Wildman–Crippen LogP) is 3.09. The topological polar surface area (TPSA) is 38.8 Å². The standard InChI is InChI=1S/C15H15NO3S2/c1-4-7-19-11-6-5-10(8-12(11)18-3)9-13-14(17)16(2)15(20)21-13/h4-6,8-9H,1,7H2,2-3H3. The monoisotopic (exact) mass is 321 g/mol. The van der Waals surface area contributed by atoms with E-state index < -0.39 is 0 Å². The number of ether oxygens (including phenoxy) is 2. The lowest BCUT2D eigenvalue weighted by Crippen LogP contribution is -2.22. The summed E-state index contributed by atoms with van der Waals surface area (Å²) in [5.74, 6) is 1.16. The van der Waals surface area contributed by atoms with Gasteiger partial charge in [0.2, 0.25) is 0 Å². The maximum atomic E-state index is 12.0. The van der Waals surface area contributed by atoms with Gasteiger partial charge >= 0.3 is 0 Å². The van der Waals surface area contributed by atoms with E-state index in [0.29, 0.717) is 27.3 Å². The summed E-state index contributed by atoms with van der Waals surface area (Å²) in [6.07, 6.45) is 3.46. The zero-order chi connectivity index (χ0) is 15.4. The van der Waals surface area contributed by atoms with Crippen LogP contribution in [0.5, 0.6) is 11.5 Å². The second-order valence-corrected chi connectivity index (χ2v) is 5.93. The number of hydrogen-bond acceptors (Lipinski definition) is 5. The minimum atomic E-state index is -0.0871. The van der Waals surface area contributed by atoms with E-state index >= 15 is 0 Å². The van der Waals surface area contributed by atoms with Crippen LogP contribution in [0.1, 0.15) is 5.56 Å². The molecule has 1 amide bonds. The third-order valence-corrected chi connectivity index (χ3v) is 4.31. The van der Waals surface area contributed by atoms with Crippen LogP contribution in [0.15, 0.2) is 35.8 Å². The average Bonchev–Trinajstić information content (AvgIpc) is 2.73. The number of amides is 1. The largest absolute Gasteiger partial charge is 0.493 e. The highest BCUT2D eigenvalue weighted by Crippen LogP contribution is 2.33. The third-order valence-electron chi connectivity index (χ3n) is 2.83. The first-order valence-corrected chi connectivity index (χ1v) is 7.42. The van der Waals surface area contributed by atoms with E-state index in [4.69, 9.17) is 21.7 Å². The number of thiocarbonyl (C=S) groups is 1. The van der Waals surface area contributed by atoms with Gasteiger partial charge in [0.1, 0.15) is 10.9 Å². The minimum absolute atomic E-state index is 0.0871. The van der Waals surface area contributed by atoms with Crippen molar-refractivity contribution in [2.24, 2.45) is 0 Å². The molecule has 1 aliphatic rings. The molecule has 0 N–H and O–H groups in total. The molecule has 110 valence electrons. The van der Waals surface area contributed by atoms with Crippen molar-refractivity contribution in [3.63, 3.8) is 0 Å². The van der Waals surface area contributed by atoms with Gasteiger partial charge in [-0.1, -0.05) is 42.7 Å². The Bertz CT molecular complexity index is 625. The van der Waals surface area contributed by atoms with Crippen LogP contribution in [0, 0.1) is 0 Å². The number of likely N-dealkylation sites (N-methyl/N-ethyl adjacent to an activating group) is 1. The Kier molecular flexibility index (Phi) is 5.03. The van der Waals surface area contributed by atoms with Gasteiger partial charge in [-0.15, -0.1) is 0 Å². The van der Waals surface area contributed by atoms with Crippen LogP contribution >= 0.6 is 24.0 Å². The predicted molar refractivity (Wildman–Crippen MR) is 89.6 cm³/mol. The smallest absolute Gasteiger partial charge is 0.265 e. The van der Waals surface area contributed by atoms with Gasteiger partial charge in [-0.2, -0.15) is 0 Å². The minimum Gasteiger partial charge on any atom is -0.493 e. The van der Waals surface area contributed by atoms with Gasteiger partial charge in [0.25, 0.3) is 5.91 Å². The van der Waals surface area contributed by atoms with Gasteiger partial charge in [0.15, 0.2) is 11.5 Å². The number of thioether (sulfide) groups is 1. The summed E-state index contributed by atoms with van der Waals surface area (Å²) < 4.78 is 11.4. The molecule has 1 aliphatic heterocycles. The molecule has 6 heteroatoms. The quantitative estimate of drug-likeness (QED) is 0.473. The highest BCUT2D eigenvalue weighted by Gasteiger charge is 2.28. The van der Waals surface area contributed by atoms with Crippen molar-refractivity contribution in [1.29, 1.82) is 0 Å². The van der Waals surface area contributed by atoms with Crippen LogP contribution in [-0.4, -0.2) is 35.9 Å². The molecule has 1 aromatic rings. The molecule has 4 nitrogen and oxygen atoms in total.